The van der Waals surface area contributed by atoms with Crippen molar-refractivity contribution in [3.05, 3.63) is 172 Å². The summed E-state index contributed by atoms with van der Waals surface area (Å²) >= 11 is 0. The second-order valence-electron chi connectivity index (χ2n) is 18.7. The van der Waals surface area contributed by atoms with Crippen molar-refractivity contribution in [1.29, 1.82) is 0 Å². The lowest BCUT2D eigenvalue weighted by molar-refractivity contribution is 0.0592. The summed E-state index contributed by atoms with van der Waals surface area (Å²) in [4.78, 5) is 75.4. The summed E-state index contributed by atoms with van der Waals surface area (Å²) in [5.41, 5.74) is 15.4. The number of hydrogen-bond donors (Lipinski definition) is 4. The summed E-state index contributed by atoms with van der Waals surface area (Å²) in [6.07, 6.45) is 7.64. The van der Waals surface area contributed by atoms with Crippen molar-refractivity contribution < 1.29 is 48.3 Å². The number of benzene rings is 4. The van der Waals surface area contributed by atoms with Gasteiger partial charge < -0.3 is 39.1 Å². The Kier molecular flexibility index (Phi) is 15.3. The molecule has 0 fully saturated rings. The fourth-order valence-electron chi connectivity index (χ4n) is 10.1. The van der Waals surface area contributed by atoms with Crippen LogP contribution in [0.2, 0.25) is 0 Å². The summed E-state index contributed by atoms with van der Waals surface area (Å²) in [6, 6.07) is 38.6. The van der Waals surface area contributed by atoms with Gasteiger partial charge in [-0.1, -0.05) is 48.5 Å². The molecule has 392 valence electrons. The van der Waals surface area contributed by atoms with Crippen molar-refractivity contribution >= 4 is 58.1 Å². The van der Waals surface area contributed by atoms with Gasteiger partial charge in [-0.25, -0.2) is 29.1 Å². The van der Waals surface area contributed by atoms with Crippen LogP contribution in [0.3, 0.4) is 0 Å². The molecule has 0 aliphatic carbocycles. The number of carbonyl (C=O) groups is 4. The molecule has 4 aromatic heterocycles. The van der Waals surface area contributed by atoms with Crippen LogP contribution in [0.4, 0.5) is 0 Å². The minimum absolute atomic E-state index is 0.0309. The van der Waals surface area contributed by atoms with Gasteiger partial charge in [0.2, 0.25) is 0 Å². The molecule has 0 atom stereocenters. The SMILES string of the molecule is COC(=O)c1ccc(-c2c3nc(c(-c4ccc(C(=O)OC)cc4)c4ccc([nH]4)c(-c4ccc(C(=O)OC)cc4)c4nc(c(-c5ccc(C(=O)OC)cc5)c5ccc2[nH]5)-c2cc(CCCCO)c(CCCCO)nc2-4)C=C3)cc1. The van der Waals surface area contributed by atoms with E-state index in [1.807, 2.05) is 84.9 Å². The van der Waals surface area contributed by atoms with Crippen molar-refractivity contribution in [1.82, 2.24) is 24.9 Å². The van der Waals surface area contributed by atoms with Crippen LogP contribution in [0.25, 0.3) is 101 Å². The van der Waals surface area contributed by atoms with Gasteiger partial charge in [-0.2, -0.15) is 0 Å². The van der Waals surface area contributed by atoms with Crippen LogP contribution in [0.5, 0.6) is 0 Å². The Hall–Kier alpha value is -9.31. The van der Waals surface area contributed by atoms with Gasteiger partial charge >= 0.3 is 23.9 Å². The molecule has 10 rings (SSSR count). The molecule has 2 aliphatic rings. The highest BCUT2D eigenvalue weighted by Crippen LogP contribution is 2.47. The lowest BCUT2D eigenvalue weighted by Gasteiger charge is -2.14. The van der Waals surface area contributed by atoms with Gasteiger partial charge in [-0.3, -0.25) is 4.98 Å². The molecule has 4 aromatic carbocycles. The first kappa shape index (κ1) is 52.1. The Bertz CT molecular complexity index is 3580. The average Bonchev–Trinajstić information content (AvgIpc) is 4.35. The number of ether oxygens (including phenoxy) is 4. The van der Waals surface area contributed by atoms with E-state index in [1.54, 1.807) is 48.5 Å². The monoisotopic (exact) mass is 1040 g/mol. The molecule has 78 heavy (non-hydrogen) atoms. The number of nitrogens with zero attached hydrogens (tertiary/aromatic N) is 3. The second kappa shape index (κ2) is 22.9. The third-order valence-corrected chi connectivity index (χ3v) is 14.0. The number of aromatic amines is 2. The number of esters is 4. The number of carbonyl (C=O) groups excluding carboxylic acids is 4. The fraction of sp³-hybridized carbons (Fsp3) is 0.190. The Morgan fingerprint density at radius 2 is 0.769 bits per heavy atom. The van der Waals surface area contributed by atoms with Crippen molar-refractivity contribution in [2.75, 3.05) is 41.7 Å². The lowest BCUT2D eigenvalue weighted by atomic mass is 9.93. The highest BCUT2D eigenvalue weighted by atomic mass is 16.5. The smallest absolute Gasteiger partial charge is 0.337 e. The molecule has 0 spiro atoms. The Labute approximate surface area is 449 Å². The highest BCUT2D eigenvalue weighted by molar-refractivity contribution is 6.05. The number of fused-ring (bicyclic) bond motifs is 11. The number of aliphatic hydroxyl groups excluding tert-OH is 2. The molecule has 15 nitrogen and oxygen atoms in total. The highest BCUT2D eigenvalue weighted by Gasteiger charge is 2.29. The molecule has 2 aliphatic heterocycles. The van der Waals surface area contributed by atoms with Crippen molar-refractivity contribution in [3.63, 3.8) is 0 Å². The maximum absolute atomic E-state index is 12.9. The van der Waals surface area contributed by atoms with E-state index in [1.165, 1.54) is 28.4 Å². The molecule has 4 N–H and O–H groups in total. The number of rotatable bonds is 16. The Balaban J connectivity index is 1.40. The van der Waals surface area contributed by atoms with Gasteiger partial charge in [0.05, 0.1) is 79.2 Å². The third kappa shape index (κ3) is 10.2. The lowest BCUT2D eigenvalue weighted by Crippen LogP contribution is -2.03. The second-order valence-corrected chi connectivity index (χ2v) is 18.7. The number of pyridine rings is 1. The van der Waals surface area contributed by atoms with Crippen molar-refractivity contribution in [3.8, 4) is 67.2 Å². The molecule has 0 amide bonds. The number of unbranched alkanes of at least 4 members (excludes halogenated alkanes) is 2. The van der Waals surface area contributed by atoms with Crippen LogP contribution in [-0.4, -0.2) is 101 Å². The van der Waals surface area contributed by atoms with Crippen LogP contribution in [0.15, 0.2) is 127 Å². The molecule has 8 bridgehead atoms. The first-order valence-electron chi connectivity index (χ1n) is 25.5. The van der Waals surface area contributed by atoms with Crippen LogP contribution in [-0.2, 0) is 31.8 Å². The average molecular weight is 1040 g/mol. The topological polar surface area (TPSA) is 216 Å². The van der Waals surface area contributed by atoms with E-state index in [2.05, 4.69) is 16.0 Å². The molecule has 0 saturated carbocycles. The number of methoxy groups -OCH3 is 4. The standard InChI is InChI=1S/C63H55N5O10/c1-75-60(71)40-19-11-36(12-20-40)53-47-27-28-48(64-47)54(37-13-21-41(22-14-37)61(72)76-2)50-30-32-52(66-50)56(39-17-25-43(26-18-39)63(74)78-4)59-58-45(35-44(9-5-7-33-69)46(67-58)10-6-8-34-70)57(68-59)55(51-31-29-49(53)65-51)38-15-23-42(24-16-38)62(73)77-3/h11-32,35,65-66,69-70H,5-10,33-34H2,1-4H3. The zero-order valence-electron chi connectivity index (χ0n) is 43.4. The van der Waals surface area contributed by atoms with Crippen LogP contribution < -0.4 is 0 Å². The summed E-state index contributed by atoms with van der Waals surface area (Å²) in [5, 5.41) is 19.8. The Morgan fingerprint density at radius 3 is 1.15 bits per heavy atom. The van der Waals surface area contributed by atoms with Gasteiger partial charge in [0, 0.05) is 68.8 Å². The normalized spacial score (nSPS) is 11.5. The van der Waals surface area contributed by atoms with Gasteiger partial charge in [0.1, 0.15) is 0 Å². The number of hydrogen-bond acceptors (Lipinski definition) is 13. The van der Waals surface area contributed by atoms with E-state index in [0.29, 0.717) is 134 Å². The zero-order chi connectivity index (χ0) is 54.5. The van der Waals surface area contributed by atoms with E-state index in [-0.39, 0.29) is 13.2 Å². The van der Waals surface area contributed by atoms with Crippen molar-refractivity contribution in [2.24, 2.45) is 0 Å². The first-order valence-corrected chi connectivity index (χ1v) is 25.5. The van der Waals surface area contributed by atoms with Gasteiger partial charge in [-0.15, -0.1) is 0 Å². The summed E-state index contributed by atoms with van der Waals surface area (Å²) in [5.74, 6) is -1.93. The van der Waals surface area contributed by atoms with E-state index < -0.39 is 23.9 Å². The zero-order valence-corrected chi connectivity index (χ0v) is 43.4. The predicted molar refractivity (Wildman–Crippen MR) is 299 cm³/mol. The number of aromatic nitrogens is 5. The van der Waals surface area contributed by atoms with Gasteiger partial charge in [0.15, 0.2) is 0 Å². The maximum atomic E-state index is 12.9. The summed E-state index contributed by atoms with van der Waals surface area (Å²) in [6.45, 7) is 0.0692. The molecule has 15 heteroatoms. The molecule has 0 saturated heterocycles. The van der Waals surface area contributed by atoms with Crippen LogP contribution in [0, 0.1) is 0 Å². The minimum Gasteiger partial charge on any atom is -0.465 e. The fourth-order valence-corrected chi connectivity index (χ4v) is 10.1. The van der Waals surface area contributed by atoms with Gasteiger partial charge in [-0.05, 0) is 157 Å². The maximum Gasteiger partial charge on any atom is 0.337 e. The summed E-state index contributed by atoms with van der Waals surface area (Å²) < 4.78 is 20.3. The van der Waals surface area contributed by atoms with E-state index >= 15 is 0 Å². The molecular formula is C63H55N5O10. The number of H-pyrrole nitrogens is 2. The predicted octanol–water partition coefficient (Wildman–Crippen LogP) is 11.7. The third-order valence-electron chi connectivity index (χ3n) is 14.0. The molecular weight excluding hydrogens is 987 g/mol. The summed E-state index contributed by atoms with van der Waals surface area (Å²) in [7, 11) is 5.36. The van der Waals surface area contributed by atoms with E-state index in [0.717, 1.165) is 39.1 Å². The van der Waals surface area contributed by atoms with Gasteiger partial charge in [0.25, 0.3) is 0 Å². The molecule has 6 heterocycles. The van der Waals surface area contributed by atoms with E-state index in [4.69, 9.17) is 33.9 Å². The molecule has 0 unspecified atom stereocenters. The molecule has 8 aromatic rings. The minimum atomic E-state index is -0.491. The van der Waals surface area contributed by atoms with Crippen molar-refractivity contribution in [2.45, 2.75) is 38.5 Å². The number of nitrogens with one attached hydrogen (secondary N) is 2. The quantitative estimate of drug-likeness (QED) is 0.0403. The molecule has 0 radical (unpaired) electrons. The first-order chi connectivity index (χ1) is 38.0. The van der Waals surface area contributed by atoms with E-state index in [9.17, 15) is 29.4 Å². The number of aryl methyl sites for hydroxylation is 2. The van der Waals surface area contributed by atoms with Crippen LogP contribution >= 0.6 is 0 Å². The Morgan fingerprint density at radius 1 is 0.410 bits per heavy atom. The van der Waals surface area contributed by atoms with Crippen LogP contribution in [0.1, 0.15) is 89.8 Å². The largest absolute Gasteiger partial charge is 0.465 e. The number of aliphatic hydroxyl groups is 2.